The van der Waals surface area contributed by atoms with Crippen molar-refractivity contribution in [3.05, 3.63) is 93.1 Å². The number of ketones is 1. The van der Waals surface area contributed by atoms with Crippen molar-refractivity contribution in [3.8, 4) is 0 Å². The molecule has 2 heterocycles. The first-order valence-corrected chi connectivity index (χ1v) is 15.5. The second-order valence-corrected chi connectivity index (χ2v) is 12.1. The second kappa shape index (κ2) is 13.0. The maximum Gasteiger partial charge on any atom is 0.318 e. The highest BCUT2D eigenvalue weighted by atomic mass is 35.5. The van der Waals surface area contributed by atoms with E-state index in [1.807, 2.05) is 66.9 Å². The number of benzene rings is 2. The molecule has 210 valence electrons. The SMILES string of the molecule is CCCNC(=O)C1C(c2ccc(Cl)cc2)C(C(=O)c2cccs2)C(c2ccccc2)N1C(=O)NC1CCCCC1. The molecule has 2 fully saturated rings. The van der Waals surface area contributed by atoms with Gasteiger partial charge in [0.1, 0.15) is 6.04 Å². The highest BCUT2D eigenvalue weighted by molar-refractivity contribution is 7.12. The van der Waals surface area contributed by atoms with E-state index in [-0.39, 0.29) is 23.8 Å². The Balaban J connectivity index is 1.68. The molecule has 3 amide bonds. The van der Waals surface area contributed by atoms with Crippen molar-refractivity contribution >= 4 is 40.7 Å². The van der Waals surface area contributed by atoms with Gasteiger partial charge in [0, 0.05) is 23.5 Å². The first-order valence-electron chi connectivity index (χ1n) is 14.2. The van der Waals surface area contributed by atoms with Crippen molar-refractivity contribution in [1.29, 1.82) is 0 Å². The van der Waals surface area contributed by atoms with Crippen LogP contribution >= 0.6 is 22.9 Å². The van der Waals surface area contributed by atoms with E-state index in [9.17, 15) is 14.4 Å². The van der Waals surface area contributed by atoms with Crippen molar-refractivity contribution in [1.82, 2.24) is 15.5 Å². The van der Waals surface area contributed by atoms with Gasteiger partial charge in [-0.2, -0.15) is 0 Å². The summed E-state index contributed by atoms with van der Waals surface area (Å²) in [6.07, 6.45) is 5.90. The van der Waals surface area contributed by atoms with E-state index in [4.69, 9.17) is 11.6 Å². The zero-order valence-corrected chi connectivity index (χ0v) is 24.3. The molecule has 1 aromatic heterocycles. The number of carbonyl (C=O) groups excluding carboxylic acids is 3. The molecule has 6 nitrogen and oxygen atoms in total. The van der Waals surface area contributed by atoms with Crippen LogP contribution < -0.4 is 10.6 Å². The Morgan fingerprint density at radius 1 is 0.925 bits per heavy atom. The molecule has 2 aromatic carbocycles. The van der Waals surface area contributed by atoms with Crippen LogP contribution in [0.15, 0.2) is 72.1 Å². The monoisotopic (exact) mass is 577 g/mol. The summed E-state index contributed by atoms with van der Waals surface area (Å²) in [5.74, 6) is -1.55. The van der Waals surface area contributed by atoms with Gasteiger partial charge in [0.25, 0.3) is 0 Å². The van der Waals surface area contributed by atoms with Crippen LogP contribution in [0.1, 0.15) is 78.2 Å². The van der Waals surface area contributed by atoms with Crippen molar-refractivity contribution in [2.24, 2.45) is 5.92 Å². The smallest absolute Gasteiger partial charge is 0.318 e. The number of urea groups is 1. The van der Waals surface area contributed by atoms with Gasteiger partial charge in [0.05, 0.1) is 16.8 Å². The van der Waals surface area contributed by atoms with Crippen LogP contribution in [0, 0.1) is 5.92 Å². The molecular weight excluding hydrogens is 542 g/mol. The molecule has 0 radical (unpaired) electrons. The Morgan fingerprint density at radius 2 is 1.65 bits per heavy atom. The summed E-state index contributed by atoms with van der Waals surface area (Å²) in [6.45, 7) is 2.48. The molecule has 3 aromatic rings. The highest BCUT2D eigenvalue weighted by Gasteiger charge is 2.57. The van der Waals surface area contributed by atoms with Gasteiger partial charge in [-0.1, -0.05) is 86.3 Å². The van der Waals surface area contributed by atoms with Gasteiger partial charge in [-0.15, -0.1) is 11.3 Å². The molecule has 8 heteroatoms. The van der Waals surface area contributed by atoms with Crippen LogP contribution in [0.3, 0.4) is 0 Å². The van der Waals surface area contributed by atoms with E-state index in [0.29, 0.717) is 16.4 Å². The third-order valence-electron chi connectivity index (χ3n) is 8.11. The minimum Gasteiger partial charge on any atom is -0.354 e. The van der Waals surface area contributed by atoms with Crippen molar-refractivity contribution < 1.29 is 14.4 Å². The number of hydrogen-bond acceptors (Lipinski definition) is 4. The number of hydrogen-bond donors (Lipinski definition) is 2. The summed E-state index contributed by atoms with van der Waals surface area (Å²) in [5, 5.41) is 8.75. The van der Waals surface area contributed by atoms with Crippen LogP contribution in [0.25, 0.3) is 0 Å². The van der Waals surface area contributed by atoms with Crippen molar-refractivity contribution in [3.63, 3.8) is 0 Å². The maximum atomic E-state index is 14.4. The fraction of sp³-hybridized carbons (Fsp3) is 0.406. The number of nitrogens with zero attached hydrogens (tertiary/aromatic N) is 1. The van der Waals surface area contributed by atoms with Gasteiger partial charge in [0.15, 0.2) is 5.78 Å². The Hall–Kier alpha value is -3.16. The molecule has 4 unspecified atom stereocenters. The fourth-order valence-electron chi connectivity index (χ4n) is 6.29. The van der Waals surface area contributed by atoms with E-state index in [2.05, 4.69) is 10.6 Å². The predicted octanol–water partition coefficient (Wildman–Crippen LogP) is 6.98. The number of rotatable bonds is 8. The topological polar surface area (TPSA) is 78.5 Å². The first kappa shape index (κ1) is 28.4. The number of Topliss-reactive ketones (excluding diaryl/α,β-unsaturated/α-hetero) is 1. The minimum atomic E-state index is -0.879. The van der Waals surface area contributed by atoms with Crippen molar-refractivity contribution in [2.45, 2.75) is 69.5 Å². The molecule has 40 heavy (non-hydrogen) atoms. The van der Waals surface area contributed by atoms with Crippen LogP contribution in [0.4, 0.5) is 4.79 Å². The molecule has 0 bridgehead atoms. The zero-order valence-electron chi connectivity index (χ0n) is 22.7. The second-order valence-electron chi connectivity index (χ2n) is 10.7. The van der Waals surface area contributed by atoms with E-state index < -0.39 is 23.9 Å². The number of nitrogens with one attached hydrogen (secondary N) is 2. The number of amides is 3. The minimum absolute atomic E-state index is 0.0538. The normalized spacial score (nSPS) is 23.1. The zero-order chi connectivity index (χ0) is 28.1. The van der Waals surface area contributed by atoms with Crippen LogP contribution in [-0.2, 0) is 4.79 Å². The summed E-state index contributed by atoms with van der Waals surface area (Å²) in [5.41, 5.74) is 1.64. The molecule has 2 aliphatic rings. The van der Waals surface area contributed by atoms with Gasteiger partial charge in [-0.3, -0.25) is 9.59 Å². The number of halogens is 1. The number of thiophene rings is 1. The largest absolute Gasteiger partial charge is 0.354 e. The lowest BCUT2D eigenvalue weighted by Gasteiger charge is -2.34. The molecule has 1 saturated heterocycles. The molecule has 5 rings (SSSR count). The summed E-state index contributed by atoms with van der Waals surface area (Å²) < 4.78 is 0. The summed E-state index contributed by atoms with van der Waals surface area (Å²) in [7, 11) is 0. The van der Waals surface area contributed by atoms with Gasteiger partial charge in [-0.05, 0) is 54.0 Å². The Bertz CT molecular complexity index is 1290. The molecule has 1 aliphatic carbocycles. The fourth-order valence-corrected chi connectivity index (χ4v) is 7.12. The summed E-state index contributed by atoms with van der Waals surface area (Å²) in [6, 6.07) is 18.9. The third kappa shape index (κ3) is 5.96. The summed E-state index contributed by atoms with van der Waals surface area (Å²) in [4.78, 5) is 45.0. The van der Waals surface area contributed by atoms with Gasteiger partial charge < -0.3 is 15.5 Å². The standard InChI is InChI=1S/C32H36ClN3O3S/c1-2-19-34-31(38)29-26(21-15-17-23(33)18-16-21)27(30(37)25-14-9-20-40-25)28(22-10-5-3-6-11-22)36(29)32(39)35-24-12-7-4-8-13-24/h3,5-6,9-11,14-18,20,24,26-29H,2,4,7-8,12-13,19H2,1H3,(H,34,38)(H,35,39). The van der Waals surface area contributed by atoms with Gasteiger partial charge in [-0.25, -0.2) is 4.79 Å². The molecule has 0 spiro atoms. The lowest BCUT2D eigenvalue weighted by Crippen LogP contribution is -2.53. The van der Waals surface area contributed by atoms with Crippen LogP contribution in [0.5, 0.6) is 0 Å². The Kier molecular flexibility index (Phi) is 9.22. The predicted molar refractivity (Wildman–Crippen MR) is 160 cm³/mol. The average Bonchev–Trinajstić information content (AvgIpc) is 3.64. The molecule has 1 saturated carbocycles. The lowest BCUT2D eigenvalue weighted by atomic mass is 9.77. The summed E-state index contributed by atoms with van der Waals surface area (Å²) >= 11 is 7.65. The Morgan fingerprint density at radius 3 is 2.30 bits per heavy atom. The third-order valence-corrected chi connectivity index (χ3v) is 9.25. The first-order chi connectivity index (χ1) is 19.5. The van der Waals surface area contributed by atoms with E-state index in [1.54, 1.807) is 17.0 Å². The highest BCUT2D eigenvalue weighted by Crippen LogP contribution is 2.51. The van der Waals surface area contributed by atoms with E-state index in [1.165, 1.54) is 17.8 Å². The quantitative estimate of drug-likeness (QED) is 0.284. The van der Waals surface area contributed by atoms with Crippen LogP contribution in [-0.4, -0.2) is 41.2 Å². The van der Waals surface area contributed by atoms with Gasteiger partial charge >= 0.3 is 6.03 Å². The van der Waals surface area contributed by atoms with Crippen molar-refractivity contribution in [2.75, 3.05) is 6.54 Å². The Labute approximate surface area is 245 Å². The lowest BCUT2D eigenvalue weighted by molar-refractivity contribution is -0.125. The van der Waals surface area contributed by atoms with Gasteiger partial charge in [0.2, 0.25) is 5.91 Å². The molecule has 2 N–H and O–H groups in total. The molecular formula is C32H36ClN3O3S. The molecule has 4 atom stereocenters. The molecule has 1 aliphatic heterocycles. The number of carbonyl (C=O) groups is 3. The maximum absolute atomic E-state index is 14.4. The average molecular weight is 578 g/mol. The number of likely N-dealkylation sites (tertiary alicyclic amines) is 1. The van der Waals surface area contributed by atoms with E-state index >= 15 is 0 Å². The van der Waals surface area contributed by atoms with E-state index in [0.717, 1.165) is 43.2 Å². The van der Waals surface area contributed by atoms with Crippen LogP contribution in [0.2, 0.25) is 5.02 Å².